The summed E-state index contributed by atoms with van der Waals surface area (Å²) < 4.78 is 5.65. The molecule has 1 aromatic rings. The number of hydrogen-bond acceptors (Lipinski definition) is 5. The molecular formula is C14H22N4O2. The smallest absolute Gasteiger partial charge is 0.230 e. The molecule has 2 aliphatic heterocycles. The molecule has 0 spiro atoms. The second kappa shape index (κ2) is 5.16. The lowest BCUT2D eigenvalue weighted by molar-refractivity contribution is -0.137. The van der Waals surface area contributed by atoms with E-state index in [1.54, 1.807) is 0 Å². The van der Waals surface area contributed by atoms with E-state index >= 15 is 0 Å². The van der Waals surface area contributed by atoms with Crippen LogP contribution in [0.25, 0.3) is 0 Å². The van der Waals surface area contributed by atoms with Gasteiger partial charge in [-0.15, -0.1) is 10.2 Å². The first kappa shape index (κ1) is 13.5. The number of carbonyl (C=O) groups is 1. The number of amides is 1. The maximum Gasteiger partial charge on any atom is 0.230 e. The molecular weight excluding hydrogens is 256 g/mol. The summed E-state index contributed by atoms with van der Waals surface area (Å²) in [4.78, 5) is 16.3. The normalized spacial score (nSPS) is 27.4. The van der Waals surface area contributed by atoms with E-state index in [1.807, 2.05) is 25.8 Å². The number of piperidine rings is 1. The second-order valence-corrected chi connectivity index (χ2v) is 6.30. The van der Waals surface area contributed by atoms with Crippen molar-refractivity contribution in [1.29, 1.82) is 0 Å². The van der Waals surface area contributed by atoms with Crippen LogP contribution in [0, 0.1) is 11.8 Å². The quantitative estimate of drug-likeness (QED) is 0.828. The maximum atomic E-state index is 12.1. The van der Waals surface area contributed by atoms with E-state index in [2.05, 4.69) is 15.1 Å². The Morgan fingerprint density at radius 1 is 1.35 bits per heavy atom. The van der Waals surface area contributed by atoms with Crippen LogP contribution in [-0.4, -0.2) is 52.6 Å². The molecule has 20 heavy (non-hydrogen) atoms. The molecule has 0 N–H and O–H groups in total. The van der Waals surface area contributed by atoms with E-state index in [1.165, 1.54) is 0 Å². The average molecular weight is 278 g/mol. The minimum atomic E-state index is 0.154. The van der Waals surface area contributed by atoms with Gasteiger partial charge in [0.15, 0.2) is 0 Å². The summed E-state index contributed by atoms with van der Waals surface area (Å²) in [5.41, 5.74) is 0. The van der Waals surface area contributed by atoms with Crippen molar-refractivity contribution in [3.05, 3.63) is 11.8 Å². The molecule has 0 unspecified atom stereocenters. The van der Waals surface area contributed by atoms with Gasteiger partial charge in [0, 0.05) is 32.6 Å². The Morgan fingerprint density at radius 2 is 2.15 bits per heavy atom. The summed E-state index contributed by atoms with van der Waals surface area (Å²) in [5, 5.41) is 8.16. The Labute approximate surface area is 119 Å². The van der Waals surface area contributed by atoms with Crippen LogP contribution < -0.4 is 0 Å². The summed E-state index contributed by atoms with van der Waals surface area (Å²) >= 11 is 0. The van der Waals surface area contributed by atoms with Gasteiger partial charge in [0.05, 0.1) is 12.5 Å². The van der Waals surface area contributed by atoms with Gasteiger partial charge in [0.25, 0.3) is 0 Å². The highest BCUT2D eigenvalue weighted by atomic mass is 16.4. The highest BCUT2D eigenvalue weighted by molar-refractivity contribution is 5.80. The lowest BCUT2D eigenvalue weighted by Gasteiger charge is -2.30. The Morgan fingerprint density at radius 3 is 2.85 bits per heavy atom. The Balaban J connectivity index is 1.63. The molecule has 1 aromatic heterocycles. The van der Waals surface area contributed by atoms with Crippen LogP contribution in [-0.2, 0) is 11.3 Å². The molecule has 2 fully saturated rings. The molecule has 1 amide bonds. The topological polar surface area (TPSA) is 62.5 Å². The first-order chi connectivity index (χ1) is 9.54. The molecule has 6 heteroatoms. The van der Waals surface area contributed by atoms with E-state index in [9.17, 15) is 4.79 Å². The van der Waals surface area contributed by atoms with E-state index < -0.39 is 0 Å². The zero-order valence-electron chi connectivity index (χ0n) is 12.4. The summed E-state index contributed by atoms with van der Waals surface area (Å²) in [7, 11) is 1.90. The van der Waals surface area contributed by atoms with Crippen molar-refractivity contribution >= 4 is 5.91 Å². The van der Waals surface area contributed by atoms with Gasteiger partial charge in [-0.2, -0.15) is 0 Å². The lowest BCUT2D eigenvalue weighted by Crippen LogP contribution is -2.42. The van der Waals surface area contributed by atoms with Crippen LogP contribution in [0.5, 0.6) is 0 Å². The van der Waals surface area contributed by atoms with Gasteiger partial charge >= 0.3 is 0 Å². The highest BCUT2D eigenvalue weighted by Crippen LogP contribution is 2.32. The summed E-state index contributed by atoms with van der Waals surface area (Å²) in [5.74, 6) is 2.54. The van der Waals surface area contributed by atoms with Gasteiger partial charge in [-0.3, -0.25) is 9.69 Å². The van der Waals surface area contributed by atoms with Crippen LogP contribution in [0.15, 0.2) is 4.42 Å². The third kappa shape index (κ3) is 2.44. The molecule has 3 rings (SSSR count). The van der Waals surface area contributed by atoms with Crippen LogP contribution in [0.4, 0.5) is 0 Å². The van der Waals surface area contributed by atoms with E-state index in [0.29, 0.717) is 24.2 Å². The number of hydrogen-bond donors (Lipinski definition) is 0. The standard InChI is InChI=1S/C14H22N4O2/c1-9(2)13-16-15-12(20-13)8-18-6-10-4-5-17(3)14(19)11(10)7-18/h9-11H,4-8H2,1-3H3/t10-,11+/m1/s1. The molecule has 0 aromatic carbocycles. The third-order valence-corrected chi connectivity index (χ3v) is 4.38. The number of nitrogens with zero attached hydrogens (tertiary/aromatic N) is 4. The van der Waals surface area contributed by atoms with E-state index in [0.717, 1.165) is 26.1 Å². The molecule has 2 aliphatic rings. The molecule has 2 saturated heterocycles. The summed E-state index contributed by atoms with van der Waals surface area (Å²) in [6.07, 6.45) is 1.10. The van der Waals surface area contributed by atoms with Crippen molar-refractivity contribution in [2.75, 3.05) is 26.7 Å². The molecule has 3 heterocycles. The summed E-state index contributed by atoms with van der Waals surface area (Å²) in [6, 6.07) is 0. The third-order valence-electron chi connectivity index (χ3n) is 4.38. The zero-order valence-corrected chi connectivity index (χ0v) is 12.4. The first-order valence-electron chi connectivity index (χ1n) is 7.34. The molecule has 0 bridgehead atoms. The SMILES string of the molecule is CC(C)c1nnc(CN2C[C@H]3CCN(C)C(=O)[C@H]3C2)o1. The predicted molar refractivity (Wildman–Crippen MR) is 72.9 cm³/mol. The molecule has 0 aliphatic carbocycles. The number of aromatic nitrogens is 2. The van der Waals surface area contributed by atoms with Gasteiger partial charge in [0.1, 0.15) is 0 Å². The van der Waals surface area contributed by atoms with Gasteiger partial charge in [-0.1, -0.05) is 13.8 Å². The predicted octanol–water partition coefficient (Wildman–Crippen LogP) is 1.10. The Kier molecular flexibility index (Phi) is 3.50. The van der Waals surface area contributed by atoms with Crippen LogP contribution >= 0.6 is 0 Å². The van der Waals surface area contributed by atoms with Crippen molar-refractivity contribution in [2.45, 2.75) is 32.7 Å². The van der Waals surface area contributed by atoms with Crippen molar-refractivity contribution in [2.24, 2.45) is 11.8 Å². The van der Waals surface area contributed by atoms with Crippen LogP contribution in [0.1, 0.15) is 38.0 Å². The van der Waals surface area contributed by atoms with Gasteiger partial charge in [-0.25, -0.2) is 0 Å². The molecule has 110 valence electrons. The van der Waals surface area contributed by atoms with Gasteiger partial charge in [-0.05, 0) is 12.3 Å². The number of carbonyl (C=O) groups excluding carboxylic acids is 1. The number of rotatable bonds is 3. The van der Waals surface area contributed by atoms with Gasteiger partial charge in [0.2, 0.25) is 17.7 Å². The largest absolute Gasteiger partial charge is 0.424 e. The zero-order chi connectivity index (χ0) is 14.3. The van der Waals surface area contributed by atoms with Crippen molar-refractivity contribution in [3.8, 4) is 0 Å². The number of likely N-dealkylation sites (tertiary alicyclic amines) is 2. The van der Waals surface area contributed by atoms with Crippen molar-refractivity contribution in [1.82, 2.24) is 20.0 Å². The lowest BCUT2D eigenvalue weighted by atomic mass is 9.88. The van der Waals surface area contributed by atoms with Crippen molar-refractivity contribution in [3.63, 3.8) is 0 Å². The maximum absolute atomic E-state index is 12.1. The van der Waals surface area contributed by atoms with Crippen molar-refractivity contribution < 1.29 is 9.21 Å². The monoisotopic (exact) mass is 278 g/mol. The summed E-state index contributed by atoms with van der Waals surface area (Å²) in [6.45, 7) is 7.39. The minimum Gasteiger partial charge on any atom is -0.424 e. The highest BCUT2D eigenvalue weighted by Gasteiger charge is 2.41. The molecule has 6 nitrogen and oxygen atoms in total. The van der Waals surface area contributed by atoms with E-state index in [-0.39, 0.29) is 17.7 Å². The molecule has 0 saturated carbocycles. The Bertz CT molecular complexity index is 499. The Hall–Kier alpha value is -1.43. The fourth-order valence-electron chi connectivity index (χ4n) is 3.17. The van der Waals surface area contributed by atoms with E-state index in [4.69, 9.17) is 4.42 Å². The fraction of sp³-hybridized carbons (Fsp3) is 0.786. The van der Waals surface area contributed by atoms with Crippen LogP contribution in [0.2, 0.25) is 0 Å². The average Bonchev–Trinajstić information content (AvgIpc) is 3.01. The van der Waals surface area contributed by atoms with Crippen LogP contribution in [0.3, 0.4) is 0 Å². The second-order valence-electron chi connectivity index (χ2n) is 6.30. The molecule has 2 atom stereocenters. The fourth-order valence-corrected chi connectivity index (χ4v) is 3.17. The molecule has 0 radical (unpaired) electrons. The minimum absolute atomic E-state index is 0.154. The number of fused-ring (bicyclic) bond motifs is 1. The van der Waals surface area contributed by atoms with Gasteiger partial charge < -0.3 is 9.32 Å². The first-order valence-corrected chi connectivity index (χ1v) is 7.34.